The number of carbonyl (C=O) groups excluding carboxylic acids is 1. The summed E-state index contributed by atoms with van der Waals surface area (Å²) in [6.07, 6.45) is 0.639. The van der Waals surface area contributed by atoms with Crippen LogP contribution in [0.4, 0.5) is 19.3 Å². The normalized spacial score (nSPS) is 12.4. The second kappa shape index (κ2) is 9.09. The summed E-state index contributed by atoms with van der Waals surface area (Å²) in [5.74, 6) is -1.45. The molecule has 0 saturated carbocycles. The molecule has 0 fully saturated rings. The molecule has 0 aliphatic carbocycles. The Labute approximate surface area is 198 Å². The number of nitrogens with zero attached hydrogens (tertiary/aromatic N) is 2. The van der Waals surface area contributed by atoms with Crippen LogP contribution in [0.3, 0.4) is 0 Å². The van der Waals surface area contributed by atoms with Crippen molar-refractivity contribution < 1.29 is 13.6 Å². The highest BCUT2D eigenvalue weighted by Gasteiger charge is 2.20. The fourth-order valence-corrected chi connectivity index (χ4v) is 4.22. The first-order valence-corrected chi connectivity index (χ1v) is 11.1. The quantitative estimate of drug-likeness (QED) is 0.411. The number of halogens is 2. The average Bonchev–Trinajstić information content (AvgIpc) is 3.24. The van der Waals surface area contributed by atoms with E-state index in [0.29, 0.717) is 52.1 Å². The summed E-state index contributed by atoms with van der Waals surface area (Å²) in [5.41, 5.74) is 2.77. The highest BCUT2D eigenvalue weighted by atomic mass is 19.2. The molecule has 35 heavy (non-hydrogen) atoms. The maximum atomic E-state index is 14.9. The third-order valence-electron chi connectivity index (χ3n) is 5.84. The number of hydrogen-bond donors (Lipinski definition) is 3. The molecule has 4 aromatic rings. The van der Waals surface area contributed by atoms with Gasteiger partial charge in [-0.05, 0) is 47.9 Å². The van der Waals surface area contributed by atoms with Crippen LogP contribution in [0.25, 0.3) is 21.9 Å². The van der Waals surface area contributed by atoms with Crippen molar-refractivity contribution in [1.82, 2.24) is 20.8 Å². The molecule has 1 aliphatic heterocycles. The van der Waals surface area contributed by atoms with Crippen LogP contribution in [0.2, 0.25) is 0 Å². The lowest BCUT2D eigenvalue weighted by atomic mass is 9.97. The van der Waals surface area contributed by atoms with Gasteiger partial charge in [-0.2, -0.15) is 5.10 Å². The van der Waals surface area contributed by atoms with E-state index in [1.807, 2.05) is 6.92 Å². The molecule has 1 aliphatic rings. The lowest BCUT2D eigenvalue weighted by Crippen LogP contribution is -2.39. The number of aromatic nitrogens is 2. The molecular formula is C26H21F2N5O2. The third-order valence-corrected chi connectivity index (χ3v) is 5.84. The highest BCUT2D eigenvalue weighted by Crippen LogP contribution is 2.34. The standard InChI is InChI=1S/C26H21F2N5O2/c1-2-29-26(35)31-23-13-16-8-7-15(12-21(16)30-23)19-9-14(10-20(27)24(19)28)11-22-17-5-3-4-6-18(17)25(34)33-32-22/h3-10,12H,2,11,13H2,1H3,(H,33,34)(H2,29,30,31,35). The Morgan fingerprint density at radius 2 is 1.89 bits per heavy atom. The van der Waals surface area contributed by atoms with E-state index in [1.54, 1.807) is 48.5 Å². The smallest absolute Gasteiger partial charge is 0.320 e. The molecule has 2 amide bonds. The van der Waals surface area contributed by atoms with Crippen molar-refractivity contribution in [3.8, 4) is 11.1 Å². The van der Waals surface area contributed by atoms with Crippen molar-refractivity contribution in [2.24, 2.45) is 4.99 Å². The van der Waals surface area contributed by atoms with Crippen LogP contribution >= 0.6 is 0 Å². The van der Waals surface area contributed by atoms with Gasteiger partial charge < -0.3 is 5.32 Å². The number of rotatable bonds is 4. The first-order chi connectivity index (χ1) is 16.9. The van der Waals surface area contributed by atoms with E-state index in [-0.39, 0.29) is 23.6 Å². The van der Waals surface area contributed by atoms with Crippen LogP contribution in [-0.4, -0.2) is 28.6 Å². The molecule has 2 heterocycles. The average molecular weight is 473 g/mol. The monoisotopic (exact) mass is 473 g/mol. The fraction of sp³-hybridized carbons (Fsp3) is 0.154. The lowest BCUT2D eigenvalue weighted by Gasteiger charge is -2.10. The van der Waals surface area contributed by atoms with Crippen molar-refractivity contribution in [2.45, 2.75) is 19.8 Å². The predicted octanol–water partition coefficient (Wildman–Crippen LogP) is 4.36. The summed E-state index contributed by atoms with van der Waals surface area (Å²) in [4.78, 5) is 28.3. The SMILES string of the molecule is CCNC(=O)NC1=Nc2cc(-c3cc(Cc4n[nH]c(=O)c5ccccc45)cc(F)c3F)ccc2C1. The molecule has 0 saturated heterocycles. The first kappa shape index (κ1) is 22.4. The Kier molecular flexibility index (Phi) is 5.82. The topological polar surface area (TPSA) is 99.2 Å². The molecule has 3 N–H and O–H groups in total. The van der Waals surface area contributed by atoms with Gasteiger partial charge in [-0.25, -0.2) is 23.7 Å². The third kappa shape index (κ3) is 4.40. The second-order valence-corrected chi connectivity index (χ2v) is 8.22. The van der Waals surface area contributed by atoms with Gasteiger partial charge >= 0.3 is 6.03 Å². The minimum absolute atomic E-state index is 0.0943. The summed E-state index contributed by atoms with van der Waals surface area (Å²) in [6, 6.07) is 14.6. The number of hydrogen-bond acceptors (Lipinski definition) is 4. The molecule has 7 nitrogen and oxygen atoms in total. The molecule has 9 heteroatoms. The molecule has 176 valence electrons. The maximum absolute atomic E-state index is 14.9. The van der Waals surface area contributed by atoms with E-state index in [2.05, 4.69) is 25.8 Å². The number of H-pyrrole nitrogens is 1. The van der Waals surface area contributed by atoms with Crippen LogP contribution in [0.1, 0.15) is 23.7 Å². The zero-order valence-electron chi connectivity index (χ0n) is 18.8. The number of fused-ring (bicyclic) bond motifs is 2. The molecular weight excluding hydrogens is 452 g/mol. The van der Waals surface area contributed by atoms with Gasteiger partial charge in [0.25, 0.3) is 5.56 Å². The summed E-state index contributed by atoms with van der Waals surface area (Å²) < 4.78 is 29.5. The van der Waals surface area contributed by atoms with Crippen LogP contribution in [0, 0.1) is 11.6 Å². The Hall–Kier alpha value is -4.40. The van der Waals surface area contributed by atoms with Crippen molar-refractivity contribution in [3.05, 3.63) is 93.4 Å². The molecule has 0 bridgehead atoms. The lowest BCUT2D eigenvalue weighted by molar-refractivity contribution is 0.245. The molecule has 0 atom stereocenters. The second-order valence-electron chi connectivity index (χ2n) is 8.22. The Balaban J connectivity index is 1.49. The van der Waals surface area contributed by atoms with E-state index in [9.17, 15) is 18.4 Å². The van der Waals surface area contributed by atoms with Gasteiger partial charge in [0.2, 0.25) is 0 Å². The van der Waals surface area contributed by atoms with Gasteiger partial charge in [-0.1, -0.05) is 30.3 Å². The highest BCUT2D eigenvalue weighted by molar-refractivity contribution is 6.02. The first-order valence-electron chi connectivity index (χ1n) is 11.1. The van der Waals surface area contributed by atoms with Crippen LogP contribution in [-0.2, 0) is 12.8 Å². The van der Waals surface area contributed by atoms with E-state index >= 15 is 0 Å². The van der Waals surface area contributed by atoms with Gasteiger partial charge in [-0.15, -0.1) is 0 Å². The van der Waals surface area contributed by atoms with Crippen molar-refractivity contribution in [3.63, 3.8) is 0 Å². The number of nitrogens with one attached hydrogen (secondary N) is 3. The predicted molar refractivity (Wildman–Crippen MR) is 130 cm³/mol. The summed E-state index contributed by atoms with van der Waals surface area (Å²) >= 11 is 0. The van der Waals surface area contributed by atoms with Crippen LogP contribution < -0.4 is 16.2 Å². The zero-order chi connectivity index (χ0) is 24.5. The van der Waals surface area contributed by atoms with E-state index in [4.69, 9.17) is 0 Å². The van der Waals surface area contributed by atoms with Crippen molar-refractivity contribution in [2.75, 3.05) is 6.54 Å². The Morgan fingerprint density at radius 3 is 2.69 bits per heavy atom. The van der Waals surface area contributed by atoms with Crippen molar-refractivity contribution >= 4 is 28.3 Å². The molecule has 5 rings (SSSR count). The van der Waals surface area contributed by atoms with E-state index in [1.165, 1.54) is 0 Å². The number of benzene rings is 3. The van der Waals surface area contributed by atoms with Crippen LogP contribution in [0.15, 0.2) is 64.4 Å². The minimum Gasteiger partial charge on any atom is -0.338 e. The van der Waals surface area contributed by atoms with Crippen LogP contribution in [0.5, 0.6) is 0 Å². The van der Waals surface area contributed by atoms with Gasteiger partial charge in [0, 0.05) is 30.3 Å². The zero-order valence-corrected chi connectivity index (χ0v) is 18.8. The number of aliphatic imine (C=N–C) groups is 1. The number of carbonyl (C=O) groups is 1. The summed E-state index contributed by atoms with van der Waals surface area (Å²) in [6.45, 7) is 2.30. The minimum atomic E-state index is -0.978. The van der Waals surface area contributed by atoms with E-state index < -0.39 is 11.6 Å². The molecule has 1 aromatic heterocycles. The maximum Gasteiger partial charge on any atom is 0.320 e. The van der Waals surface area contributed by atoms with Gasteiger partial charge in [0.05, 0.1) is 16.8 Å². The summed E-state index contributed by atoms with van der Waals surface area (Å²) in [7, 11) is 0. The fourth-order valence-electron chi connectivity index (χ4n) is 4.22. The number of aromatic amines is 1. The molecule has 0 unspecified atom stereocenters. The number of amides is 2. The van der Waals surface area contributed by atoms with E-state index in [0.717, 1.165) is 11.6 Å². The van der Waals surface area contributed by atoms with Gasteiger partial charge in [-0.3, -0.25) is 10.1 Å². The molecule has 0 spiro atoms. The molecule has 0 radical (unpaired) electrons. The summed E-state index contributed by atoms with van der Waals surface area (Å²) in [5, 5.41) is 13.1. The number of urea groups is 1. The largest absolute Gasteiger partial charge is 0.338 e. The molecule has 3 aromatic carbocycles. The van der Waals surface area contributed by atoms with Gasteiger partial charge in [0.1, 0.15) is 5.84 Å². The van der Waals surface area contributed by atoms with Gasteiger partial charge in [0.15, 0.2) is 11.6 Å². The Bertz CT molecular complexity index is 1560. The van der Waals surface area contributed by atoms with Crippen molar-refractivity contribution in [1.29, 1.82) is 0 Å². The number of amidine groups is 1. The Morgan fingerprint density at radius 1 is 1.09 bits per heavy atom.